The second-order valence-corrected chi connectivity index (χ2v) is 8.65. The summed E-state index contributed by atoms with van der Waals surface area (Å²) in [6, 6.07) is 8.61. The van der Waals surface area contributed by atoms with Crippen molar-refractivity contribution in [3.8, 4) is 0 Å². The largest absolute Gasteiger partial charge is 0.509 e. The maximum Gasteiger partial charge on any atom is 0.509 e. The van der Waals surface area contributed by atoms with Crippen LogP contribution in [0.5, 0.6) is 0 Å². The number of nitrogens with zero attached hydrogens (tertiary/aromatic N) is 1. The summed E-state index contributed by atoms with van der Waals surface area (Å²) in [5.74, 6) is -1.61. The molecule has 32 heavy (non-hydrogen) atoms. The first-order chi connectivity index (χ1) is 14.8. The molecular weight excluding hydrogens is 434 g/mol. The van der Waals surface area contributed by atoms with Crippen molar-refractivity contribution < 1.29 is 29.3 Å². The van der Waals surface area contributed by atoms with Crippen LogP contribution in [-0.2, 0) is 22.4 Å². The van der Waals surface area contributed by atoms with Gasteiger partial charge in [-0.05, 0) is 37.4 Å². The molecule has 0 bridgehead atoms. The third kappa shape index (κ3) is 9.65. The van der Waals surface area contributed by atoms with Crippen molar-refractivity contribution in [3.05, 3.63) is 35.4 Å². The number of ether oxygens (including phenoxy) is 2. The molecule has 7 nitrogen and oxygen atoms in total. The molecule has 0 aliphatic heterocycles. The van der Waals surface area contributed by atoms with Gasteiger partial charge < -0.3 is 19.7 Å². The van der Waals surface area contributed by atoms with Crippen LogP contribution in [0.4, 0.5) is 9.59 Å². The van der Waals surface area contributed by atoms with Gasteiger partial charge in [-0.15, -0.1) is 12.4 Å². The molecule has 1 aliphatic carbocycles. The Morgan fingerprint density at radius 2 is 1.50 bits per heavy atom. The Balaban J connectivity index is 0.00000512. The Kier molecular flexibility index (Phi) is 12.5. The topological polar surface area (TPSA) is 96.3 Å². The summed E-state index contributed by atoms with van der Waals surface area (Å²) in [6.07, 6.45) is 8.23. The van der Waals surface area contributed by atoms with Crippen LogP contribution in [0.25, 0.3) is 0 Å². The average Bonchev–Trinajstić information content (AvgIpc) is 3.10. The second kappa shape index (κ2) is 14.2. The molecular formula is C24H38ClNO6. The molecule has 182 valence electrons. The van der Waals surface area contributed by atoms with E-state index in [4.69, 9.17) is 19.7 Å². The fourth-order valence-corrected chi connectivity index (χ4v) is 4.36. The van der Waals surface area contributed by atoms with Crippen molar-refractivity contribution in [2.45, 2.75) is 95.9 Å². The zero-order valence-corrected chi connectivity index (χ0v) is 20.1. The zero-order chi connectivity index (χ0) is 22.7. The van der Waals surface area contributed by atoms with E-state index in [9.17, 15) is 9.59 Å². The summed E-state index contributed by atoms with van der Waals surface area (Å²) in [7, 11) is 1.95. The van der Waals surface area contributed by atoms with Crippen molar-refractivity contribution in [2.24, 2.45) is 0 Å². The first-order valence-electron chi connectivity index (χ1n) is 11.5. The number of unbranched alkanes of at least 4 members (excludes halogenated alkanes) is 6. The summed E-state index contributed by atoms with van der Waals surface area (Å²) in [4.78, 5) is 24.1. The van der Waals surface area contributed by atoms with Crippen LogP contribution in [-0.4, -0.2) is 46.3 Å². The molecule has 1 atom stereocenters. The van der Waals surface area contributed by atoms with Gasteiger partial charge in [0, 0.05) is 25.4 Å². The van der Waals surface area contributed by atoms with Crippen molar-refractivity contribution in [1.29, 1.82) is 0 Å². The van der Waals surface area contributed by atoms with Crippen LogP contribution >= 0.6 is 12.4 Å². The smallest absolute Gasteiger partial charge is 0.450 e. The minimum atomic E-state index is -1.61. The summed E-state index contributed by atoms with van der Waals surface area (Å²) >= 11 is 0. The average molecular weight is 472 g/mol. The maximum absolute atomic E-state index is 11.0. The van der Waals surface area contributed by atoms with Gasteiger partial charge in [-0.1, -0.05) is 69.7 Å². The first kappa shape index (κ1) is 28.0. The number of halogens is 1. The Hall–Kier alpha value is -1.99. The summed E-state index contributed by atoms with van der Waals surface area (Å²) in [5, 5.41) is 17.9. The van der Waals surface area contributed by atoms with Gasteiger partial charge in [-0.25, -0.2) is 9.59 Å². The van der Waals surface area contributed by atoms with Gasteiger partial charge >= 0.3 is 12.3 Å². The predicted octanol–water partition coefficient (Wildman–Crippen LogP) is 6.47. The van der Waals surface area contributed by atoms with Crippen LogP contribution in [0, 0.1) is 0 Å². The molecule has 1 unspecified atom stereocenters. The third-order valence-corrected chi connectivity index (χ3v) is 6.10. The number of carbonyl (C=O) groups is 2. The number of rotatable bonds is 13. The highest BCUT2D eigenvalue weighted by atomic mass is 35.5. The zero-order valence-electron chi connectivity index (χ0n) is 19.3. The standard InChI is InChI=1S/C24H37NO6.ClH/c1-3-4-5-6-7-8-9-10-19-11-13-20(14-12-19)18-25(2)21-15-16-24(17-21,30-22(26)27)31-23(28)29;/h11-14,21H,3-10,15-18H2,1-2H3,(H,26,27)(H,28,29);1H. The highest BCUT2D eigenvalue weighted by Crippen LogP contribution is 2.37. The normalized spacial score (nSPS) is 17.0. The minimum Gasteiger partial charge on any atom is -0.450 e. The second-order valence-electron chi connectivity index (χ2n) is 8.65. The fourth-order valence-electron chi connectivity index (χ4n) is 4.36. The highest BCUT2D eigenvalue weighted by molar-refractivity contribution is 5.85. The Morgan fingerprint density at radius 1 is 0.969 bits per heavy atom. The number of aryl methyl sites for hydroxylation is 1. The lowest BCUT2D eigenvalue weighted by atomic mass is 10.0. The number of hydrogen-bond acceptors (Lipinski definition) is 5. The molecule has 0 radical (unpaired) electrons. The monoisotopic (exact) mass is 471 g/mol. The van der Waals surface area contributed by atoms with E-state index in [1.165, 1.54) is 56.1 Å². The van der Waals surface area contributed by atoms with E-state index in [0.29, 0.717) is 13.0 Å². The number of benzene rings is 1. The maximum atomic E-state index is 11.0. The van der Waals surface area contributed by atoms with Crippen LogP contribution in [0.1, 0.15) is 82.3 Å². The molecule has 1 aliphatic rings. The molecule has 1 aromatic rings. The Bertz CT molecular complexity index is 680. The van der Waals surface area contributed by atoms with E-state index < -0.39 is 18.1 Å². The molecule has 1 aromatic carbocycles. The lowest BCUT2D eigenvalue weighted by Crippen LogP contribution is -2.39. The fraction of sp³-hybridized carbons (Fsp3) is 0.667. The molecule has 8 heteroatoms. The molecule has 1 saturated carbocycles. The molecule has 0 spiro atoms. The van der Waals surface area contributed by atoms with Crippen LogP contribution < -0.4 is 0 Å². The van der Waals surface area contributed by atoms with E-state index >= 15 is 0 Å². The lowest BCUT2D eigenvalue weighted by Gasteiger charge is -2.28. The highest BCUT2D eigenvalue weighted by Gasteiger charge is 2.47. The molecule has 0 heterocycles. The van der Waals surface area contributed by atoms with Crippen LogP contribution in [0.2, 0.25) is 0 Å². The summed E-state index contributed by atoms with van der Waals surface area (Å²) in [6.45, 7) is 2.93. The van der Waals surface area contributed by atoms with Crippen molar-refractivity contribution in [1.82, 2.24) is 4.90 Å². The minimum absolute atomic E-state index is 0. The van der Waals surface area contributed by atoms with E-state index in [0.717, 1.165) is 6.42 Å². The quantitative estimate of drug-likeness (QED) is 0.193. The van der Waals surface area contributed by atoms with E-state index in [-0.39, 0.29) is 31.3 Å². The van der Waals surface area contributed by atoms with E-state index in [2.05, 4.69) is 36.1 Å². The van der Waals surface area contributed by atoms with Gasteiger partial charge in [0.05, 0.1) is 0 Å². The summed E-state index contributed by atoms with van der Waals surface area (Å²) < 4.78 is 9.63. The molecule has 0 amide bonds. The number of hydrogen-bond donors (Lipinski definition) is 2. The van der Waals surface area contributed by atoms with Gasteiger partial charge in [0.25, 0.3) is 5.79 Å². The molecule has 0 aromatic heterocycles. The molecule has 2 N–H and O–H groups in total. The molecule has 0 saturated heterocycles. The lowest BCUT2D eigenvalue weighted by molar-refractivity contribution is -0.179. The SMILES string of the molecule is CCCCCCCCCc1ccc(CN(C)C2CCC(OC(=O)O)(OC(=O)O)C2)cc1.Cl. The number of carboxylic acid groups (broad SMARTS) is 2. The summed E-state index contributed by atoms with van der Waals surface area (Å²) in [5.41, 5.74) is 2.52. The first-order valence-corrected chi connectivity index (χ1v) is 11.5. The van der Waals surface area contributed by atoms with Crippen LogP contribution in [0.15, 0.2) is 24.3 Å². The predicted molar refractivity (Wildman–Crippen MR) is 125 cm³/mol. The van der Waals surface area contributed by atoms with Gasteiger partial charge in [0.15, 0.2) is 0 Å². The van der Waals surface area contributed by atoms with Gasteiger partial charge in [0.1, 0.15) is 0 Å². The van der Waals surface area contributed by atoms with Crippen molar-refractivity contribution in [3.63, 3.8) is 0 Å². The van der Waals surface area contributed by atoms with Crippen molar-refractivity contribution in [2.75, 3.05) is 7.05 Å². The van der Waals surface area contributed by atoms with E-state index in [1.807, 2.05) is 7.05 Å². The van der Waals surface area contributed by atoms with Gasteiger partial charge in [-0.3, -0.25) is 4.90 Å². The molecule has 1 fully saturated rings. The van der Waals surface area contributed by atoms with Crippen LogP contribution in [0.3, 0.4) is 0 Å². The van der Waals surface area contributed by atoms with E-state index in [1.54, 1.807) is 0 Å². The third-order valence-electron chi connectivity index (χ3n) is 6.10. The Morgan fingerprint density at radius 3 is 2.06 bits per heavy atom. The van der Waals surface area contributed by atoms with Gasteiger partial charge in [0.2, 0.25) is 0 Å². The molecule has 2 rings (SSSR count). The van der Waals surface area contributed by atoms with Crippen molar-refractivity contribution >= 4 is 24.7 Å². The van der Waals surface area contributed by atoms with Gasteiger partial charge in [-0.2, -0.15) is 0 Å². The Labute approximate surface area is 197 Å².